The number of hydrogen-bond donors (Lipinski definition) is 1. The fourth-order valence-electron chi connectivity index (χ4n) is 2.22. The van der Waals surface area contributed by atoms with E-state index in [-0.39, 0.29) is 0 Å². The van der Waals surface area contributed by atoms with Crippen molar-refractivity contribution in [1.29, 1.82) is 0 Å². The third-order valence-electron chi connectivity index (χ3n) is 3.59. The normalized spacial score (nSPS) is 15.5. The quantitative estimate of drug-likeness (QED) is 0.838. The molecule has 0 saturated heterocycles. The Bertz CT molecular complexity index is 495. The average molecular weight is 324 g/mol. The molecule has 4 heteroatoms. The molecule has 102 valence electrons. The van der Waals surface area contributed by atoms with Crippen LogP contribution in [-0.2, 0) is 4.79 Å². The summed E-state index contributed by atoms with van der Waals surface area (Å²) in [5, 5.41) is 8.63. The van der Waals surface area contributed by atoms with Gasteiger partial charge in [0.2, 0.25) is 0 Å². The molecule has 0 amide bonds. The van der Waals surface area contributed by atoms with Crippen molar-refractivity contribution in [2.75, 3.05) is 18.5 Å². The number of anilines is 1. The predicted octanol–water partition coefficient (Wildman–Crippen LogP) is 3.78. The van der Waals surface area contributed by atoms with Crippen LogP contribution in [0.3, 0.4) is 0 Å². The monoisotopic (exact) mass is 323 g/mol. The van der Waals surface area contributed by atoms with E-state index in [4.69, 9.17) is 5.11 Å². The zero-order valence-corrected chi connectivity index (χ0v) is 12.6. The molecule has 1 aliphatic rings. The minimum absolute atomic E-state index is 0.829. The molecule has 1 saturated carbocycles. The Morgan fingerprint density at radius 2 is 2.26 bits per heavy atom. The van der Waals surface area contributed by atoms with Crippen LogP contribution in [0.15, 0.2) is 28.7 Å². The average Bonchev–Trinajstić information content (AvgIpc) is 2.31. The molecule has 0 heterocycles. The number of carbonyl (C=O) groups is 1. The summed E-state index contributed by atoms with van der Waals surface area (Å²) in [6.45, 7) is 1.09. The van der Waals surface area contributed by atoms with Gasteiger partial charge in [0.05, 0.1) is 0 Å². The fraction of sp³-hybridized carbons (Fsp3) is 0.400. The van der Waals surface area contributed by atoms with Gasteiger partial charge in [-0.25, -0.2) is 4.79 Å². The maximum atomic E-state index is 10.5. The Morgan fingerprint density at radius 3 is 2.79 bits per heavy atom. The first-order chi connectivity index (χ1) is 9.06. The fourth-order valence-corrected chi connectivity index (χ4v) is 2.72. The van der Waals surface area contributed by atoms with Crippen LogP contribution < -0.4 is 4.90 Å². The number of aliphatic carboxylic acids is 1. The highest BCUT2D eigenvalue weighted by Gasteiger charge is 2.19. The number of carboxylic acid groups (broad SMARTS) is 1. The highest BCUT2D eigenvalue weighted by Crippen LogP contribution is 2.30. The molecule has 2 rings (SSSR count). The van der Waals surface area contributed by atoms with Crippen LogP contribution in [0.2, 0.25) is 0 Å². The van der Waals surface area contributed by atoms with Crippen LogP contribution in [0.1, 0.15) is 24.8 Å². The summed E-state index contributed by atoms with van der Waals surface area (Å²) in [5.41, 5.74) is 2.04. The van der Waals surface area contributed by atoms with Crippen molar-refractivity contribution in [1.82, 2.24) is 0 Å². The number of benzene rings is 1. The lowest BCUT2D eigenvalue weighted by Gasteiger charge is -2.31. The molecule has 0 bridgehead atoms. The molecule has 0 spiro atoms. The Kier molecular flexibility index (Phi) is 4.64. The molecule has 1 aliphatic carbocycles. The van der Waals surface area contributed by atoms with Gasteiger partial charge in [0.1, 0.15) is 0 Å². The highest BCUT2D eigenvalue weighted by atomic mass is 79.9. The van der Waals surface area contributed by atoms with E-state index in [1.165, 1.54) is 19.3 Å². The van der Waals surface area contributed by atoms with Gasteiger partial charge >= 0.3 is 5.97 Å². The molecule has 0 aromatic heterocycles. The van der Waals surface area contributed by atoms with E-state index >= 15 is 0 Å². The first-order valence-electron chi connectivity index (χ1n) is 6.48. The third kappa shape index (κ3) is 3.83. The molecule has 19 heavy (non-hydrogen) atoms. The van der Waals surface area contributed by atoms with Crippen LogP contribution in [-0.4, -0.2) is 24.7 Å². The summed E-state index contributed by atoms with van der Waals surface area (Å²) in [6.07, 6.45) is 6.79. The Balaban J connectivity index is 2.06. The van der Waals surface area contributed by atoms with Gasteiger partial charge in [-0.15, -0.1) is 0 Å². The van der Waals surface area contributed by atoms with Gasteiger partial charge in [0.15, 0.2) is 0 Å². The number of rotatable bonds is 5. The predicted molar refractivity (Wildman–Crippen MR) is 81.4 cm³/mol. The molecule has 0 aliphatic heterocycles. The zero-order valence-electron chi connectivity index (χ0n) is 11.0. The summed E-state index contributed by atoms with van der Waals surface area (Å²) < 4.78 is 0.919. The SMILES string of the molecule is CN(CC1CCC1)c1ccc(/C=C/C(=O)O)c(Br)c1. The number of nitrogens with zero attached hydrogens (tertiary/aromatic N) is 1. The lowest BCUT2D eigenvalue weighted by Crippen LogP contribution is -2.29. The van der Waals surface area contributed by atoms with Gasteiger partial charge in [-0.1, -0.05) is 28.4 Å². The van der Waals surface area contributed by atoms with Gasteiger partial charge in [0.25, 0.3) is 0 Å². The summed E-state index contributed by atoms with van der Waals surface area (Å²) in [6, 6.07) is 6.02. The Morgan fingerprint density at radius 1 is 1.53 bits per heavy atom. The van der Waals surface area contributed by atoms with E-state index in [0.717, 1.165) is 34.3 Å². The van der Waals surface area contributed by atoms with Gasteiger partial charge in [-0.3, -0.25) is 0 Å². The molecular weight excluding hydrogens is 306 g/mol. The van der Waals surface area contributed by atoms with Crippen LogP contribution in [0.4, 0.5) is 5.69 Å². The zero-order chi connectivity index (χ0) is 13.8. The second-order valence-corrected chi connectivity index (χ2v) is 5.91. The molecule has 1 fully saturated rings. The van der Waals surface area contributed by atoms with Crippen LogP contribution in [0.25, 0.3) is 6.08 Å². The summed E-state index contributed by atoms with van der Waals surface area (Å²) in [5.74, 6) is -0.103. The second kappa shape index (κ2) is 6.24. The van der Waals surface area contributed by atoms with E-state index in [1.807, 2.05) is 18.2 Å². The van der Waals surface area contributed by atoms with E-state index in [2.05, 4.69) is 27.9 Å². The summed E-state index contributed by atoms with van der Waals surface area (Å²) >= 11 is 3.49. The summed E-state index contributed by atoms with van der Waals surface area (Å²) in [4.78, 5) is 12.8. The minimum Gasteiger partial charge on any atom is -0.478 e. The molecule has 0 radical (unpaired) electrons. The number of halogens is 1. The van der Waals surface area contributed by atoms with Crippen LogP contribution >= 0.6 is 15.9 Å². The standard InChI is InChI=1S/C15H18BrNO2/c1-17(10-11-3-2-4-11)13-7-5-12(14(16)9-13)6-8-15(18)19/h5-9,11H,2-4,10H2,1H3,(H,18,19)/b8-6+. The van der Waals surface area contributed by atoms with Crippen molar-refractivity contribution < 1.29 is 9.90 Å². The lowest BCUT2D eigenvalue weighted by molar-refractivity contribution is -0.131. The Labute approximate surface area is 122 Å². The minimum atomic E-state index is -0.932. The summed E-state index contributed by atoms with van der Waals surface area (Å²) in [7, 11) is 2.10. The van der Waals surface area contributed by atoms with E-state index in [0.29, 0.717) is 0 Å². The second-order valence-electron chi connectivity index (χ2n) is 5.05. The van der Waals surface area contributed by atoms with Gasteiger partial charge in [0, 0.05) is 29.8 Å². The van der Waals surface area contributed by atoms with Crippen LogP contribution in [0, 0.1) is 5.92 Å². The number of hydrogen-bond acceptors (Lipinski definition) is 2. The third-order valence-corrected chi connectivity index (χ3v) is 4.27. The molecule has 0 atom stereocenters. The Hall–Kier alpha value is -1.29. The lowest BCUT2D eigenvalue weighted by atomic mass is 9.85. The van der Waals surface area contributed by atoms with Crippen molar-refractivity contribution in [3.8, 4) is 0 Å². The first-order valence-corrected chi connectivity index (χ1v) is 7.27. The van der Waals surface area contributed by atoms with Crippen molar-refractivity contribution in [3.63, 3.8) is 0 Å². The van der Waals surface area contributed by atoms with E-state index < -0.39 is 5.97 Å². The van der Waals surface area contributed by atoms with Gasteiger partial charge in [-0.05, 0) is 42.5 Å². The van der Waals surface area contributed by atoms with Crippen molar-refractivity contribution in [2.24, 2.45) is 5.92 Å². The van der Waals surface area contributed by atoms with Crippen LogP contribution in [0.5, 0.6) is 0 Å². The van der Waals surface area contributed by atoms with Crippen molar-refractivity contribution in [2.45, 2.75) is 19.3 Å². The van der Waals surface area contributed by atoms with Crippen molar-refractivity contribution in [3.05, 3.63) is 34.3 Å². The maximum absolute atomic E-state index is 10.5. The van der Waals surface area contributed by atoms with E-state index in [1.54, 1.807) is 6.08 Å². The van der Waals surface area contributed by atoms with Gasteiger partial charge in [-0.2, -0.15) is 0 Å². The molecular formula is C15H18BrNO2. The molecule has 3 nitrogen and oxygen atoms in total. The van der Waals surface area contributed by atoms with Crippen molar-refractivity contribution >= 4 is 33.7 Å². The number of carboxylic acids is 1. The topological polar surface area (TPSA) is 40.5 Å². The van der Waals surface area contributed by atoms with Gasteiger partial charge < -0.3 is 10.0 Å². The largest absolute Gasteiger partial charge is 0.478 e. The molecule has 0 unspecified atom stereocenters. The maximum Gasteiger partial charge on any atom is 0.328 e. The van der Waals surface area contributed by atoms with E-state index in [9.17, 15) is 4.79 Å². The molecule has 1 aromatic carbocycles. The highest BCUT2D eigenvalue weighted by molar-refractivity contribution is 9.10. The first kappa shape index (κ1) is 14.1. The smallest absolute Gasteiger partial charge is 0.328 e. The molecule has 1 N–H and O–H groups in total. The molecule has 1 aromatic rings.